The summed E-state index contributed by atoms with van der Waals surface area (Å²) in [6.45, 7) is 1.89. The largest absolute Gasteiger partial charge is 0.316 e. The van der Waals surface area contributed by atoms with Crippen molar-refractivity contribution in [1.82, 2.24) is 5.48 Å². The highest BCUT2D eigenvalue weighted by Crippen LogP contribution is 2.15. The van der Waals surface area contributed by atoms with Crippen molar-refractivity contribution < 1.29 is 5.21 Å². The van der Waals surface area contributed by atoms with Crippen LogP contribution in [0.4, 0.5) is 0 Å². The molecule has 3 heteroatoms. The van der Waals surface area contributed by atoms with Crippen LogP contribution in [-0.4, -0.2) is 5.21 Å². The summed E-state index contributed by atoms with van der Waals surface area (Å²) in [5.41, 5.74) is 3.25. The fourth-order valence-electron chi connectivity index (χ4n) is 0.826. The van der Waals surface area contributed by atoms with Crippen LogP contribution in [-0.2, 0) is 0 Å². The zero-order chi connectivity index (χ0) is 8.27. The quantitative estimate of drug-likeness (QED) is 0.744. The summed E-state index contributed by atoms with van der Waals surface area (Å²) in [7, 11) is 0. The van der Waals surface area contributed by atoms with Crippen molar-refractivity contribution in [1.29, 1.82) is 0 Å². The lowest BCUT2D eigenvalue weighted by atomic mass is 10.1. The molecule has 0 radical (unpaired) electrons. The van der Waals surface area contributed by atoms with E-state index in [-0.39, 0.29) is 6.04 Å². The number of hydrogen-bond donors (Lipinski definition) is 2. The van der Waals surface area contributed by atoms with E-state index >= 15 is 0 Å². The molecular weight excluding hydrogens is 206 g/mol. The molecule has 1 unspecified atom stereocenters. The molecule has 0 heterocycles. The summed E-state index contributed by atoms with van der Waals surface area (Å²) >= 11 is 3.33. The Hall–Kier alpha value is -0.380. The zero-order valence-electron chi connectivity index (χ0n) is 6.21. The van der Waals surface area contributed by atoms with Gasteiger partial charge < -0.3 is 5.21 Å². The van der Waals surface area contributed by atoms with Crippen molar-refractivity contribution in [3.63, 3.8) is 0 Å². The normalized spacial score (nSPS) is 13.0. The Morgan fingerprint density at radius 2 is 1.91 bits per heavy atom. The highest BCUT2D eigenvalue weighted by molar-refractivity contribution is 9.10. The first-order valence-electron chi connectivity index (χ1n) is 3.39. The standard InChI is InChI=1S/C8H10BrNO/c1-6(10-11)7-2-4-8(9)5-3-7/h2-6,10-11H,1H3. The summed E-state index contributed by atoms with van der Waals surface area (Å²) in [6, 6.07) is 7.80. The van der Waals surface area contributed by atoms with Gasteiger partial charge in [0.05, 0.1) is 6.04 Å². The Labute approximate surface area is 74.3 Å². The molecule has 11 heavy (non-hydrogen) atoms. The average molecular weight is 216 g/mol. The van der Waals surface area contributed by atoms with Gasteiger partial charge in [0.1, 0.15) is 0 Å². The summed E-state index contributed by atoms with van der Waals surface area (Å²) in [5.74, 6) is 0. The molecule has 1 aromatic rings. The molecule has 1 rings (SSSR count). The Bertz CT molecular complexity index is 222. The second-order valence-corrected chi connectivity index (χ2v) is 3.32. The summed E-state index contributed by atoms with van der Waals surface area (Å²) in [6.07, 6.45) is 0. The molecule has 0 amide bonds. The van der Waals surface area contributed by atoms with Gasteiger partial charge in [0.2, 0.25) is 0 Å². The van der Waals surface area contributed by atoms with Gasteiger partial charge in [0.15, 0.2) is 0 Å². The summed E-state index contributed by atoms with van der Waals surface area (Å²) in [5, 5.41) is 8.60. The van der Waals surface area contributed by atoms with Crippen LogP contribution in [0.3, 0.4) is 0 Å². The molecule has 0 aromatic heterocycles. The fraction of sp³-hybridized carbons (Fsp3) is 0.250. The van der Waals surface area contributed by atoms with E-state index in [1.54, 1.807) is 0 Å². The molecule has 2 nitrogen and oxygen atoms in total. The minimum Gasteiger partial charge on any atom is -0.316 e. The molecule has 0 saturated heterocycles. The molecule has 1 atom stereocenters. The lowest BCUT2D eigenvalue weighted by molar-refractivity contribution is 0.133. The number of rotatable bonds is 2. The minimum absolute atomic E-state index is 0.0110. The Morgan fingerprint density at radius 1 is 1.36 bits per heavy atom. The minimum atomic E-state index is -0.0110. The zero-order valence-corrected chi connectivity index (χ0v) is 7.80. The van der Waals surface area contributed by atoms with E-state index in [2.05, 4.69) is 21.4 Å². The second kappa shape index (κ2) is 3.85. The third kappa shape index (κ3) is 2.29. The van der Waals surface area contributed by atoms with Gasteiger partial charge in [-0.3, -0.25) is 0 Å². The maximum absolute atomic E-state index is 8.60. The maximum Gasteiger partial charge on any atom is 0.0540 e. The van der Waals surface area contributed by atoms with Crippen molar-refractivity contribution in [2.75, 3.05) is 0 Å². The van der Waals surface area contributed by atoms with Gasteiger partial charge in [-0.1, -0.05) is 28.1 Å². The maximum atomic E-state index is 8.60. The Morgan fingerprint density at radius 3 is 2.36 bits per heavy atom. The smallest absolute Gasteiger partial charge is 0.0540 e. The molecule has 0 aliphatic heterocycles. The van der Waals surface area contributed by atoms with Crippen LogP contribution in [0.25, 0.3) is 0 Å². The van der Waals surface area contributed by atoms with Crippen LogP contribution in [0.1, 0.15) is 18.5 Å². The molecule has 2 N–H and O–H groups in total. The van der Waals surface area contributed by atoms with E-state index in [1.807, 2.05) is 31.2 Å². The van der Waals surface area contributed by atoms with E-state index in [9.17, 15) is 0 Å². The van der Waals surface area contributed by atoms with Crippen LogP contribution in [0.5, 0.6) is 0 Å². The van der Waals surface area contributed by atoms with Crippen LogP contribution in [0.2, 0.25) is 0 Å². The summed E-state index contributed by atoms with van der Waals surface area (Å²) in [4.78, 5) is 0. The molecule has 0 aliphatic rings. The SMILES string of the molecule is CC(NO)c1ccc(Br)cc1. The van der Waals surface area contributed by atoms with Crippen LogP contribution >= 0.6 is 15.9 Å². The lowest BCUT2D eigenvalue weighted by Crippen LogP contribution is -2.12. The average Bonchev–Trinajstić information content (AvgIpc) is 2.05. The predicted octanol–water partition coefficient (Wildman–Crippen LogP) is 2.49. The van der Waals surface area contributed by atoms with E-state index in [4.69, 9.17) is 5.21 Å². The van der Waals surface area contributed by atoms with E-state index < -0.39 is 0 Å². The van der Waals surface area contributed by atoms with Gasteiger partial charge in [0, 0.05) is 4.47 Å². The van der Waals surface area contributed by atoms with Gasteiger partial charge in [0.25, 0.3) is 0 Å². The van der Waals surface area contributed by atoms with Gasteiger partial charge in [-0.15, -0.1) is 0 Å². The number of halogens is 1. The van der Waals surface area contributed by atoms with Crippen molar-refractivity contribution in [2.24, 2.45) is 0 Å². The molecule has 0 aliphatic carbocycles. The molecule has 0 spiro atoms. The van der Waals surface area contributed by atoms with E-state index in [1.165, 1.54) is 0 Å². The van der Waals surface area contributed by atoms with Crippen molar-refractivity contribution >= 4 is 15.9 Å². The van der Waals surface area contributed by atoms with Crippen molar-refractivity contribution in [3.8, 4) is 0 Å². The third-order valence-electron chi connectivity index (χ3n) is 1.56. The number of hydroxylamine groups is 1. The Kier molecular flexibility index (Phi) is 3.05. The third-order valence-corrected chi connectivity index (χ3v) is 2.09. The monoisotopic (exact) mass is 215 g/mol. The van der Waals surface area contributed by atoms with Gasteiger partial charge >= 0.3 is 0 Å². The number of benzene rings is 1. The lowest BCUT2D eigenvalue weighted by Gasteiger charge is -2.08. The topological polar surface area (TPSA) is 32.3 Å². The molecule has 0 fully saturated rings. The van der Waals surface area contributed by atoms with Gasteiger partial charge in [-0.05, 0) is 24.6 Å². The second-order valence-electron chi connectivity index (χ2n) is 2.40. The van der Waals surface area contributed by atoms with E-state index in [0.29, 0.717) is 0 Å². The molecule has 60 valence electrons. The summed E-state index contributed by atoms with van der Waals surface area (Å²) < 4.78 is 1.05. The highest BCUT2D eigenvalue weighted by atomic mass is 79.9. The molecule has 0 saturated carbocycles. The highest BCUT2D eigenvalue weighted by Gasteiger charge is 2.00. The van der Waals surface area contributed by atoms with Crippen LogP contribution < -0.4 is 5.48 Å². The number of nitrogens with one attached hydrogen (secondary N) is 1. The van der Waals surface area contributed by atoms with Gasteiger partial charge in [-0.2, -0.15) is 5.48 Å². The molecule has 0 bridgehead atoms. The van der Waals surface area contributed by atoms with Crippen molar-refractivity contribution in [3.05, 3.63) is 34.3 Å². The first-order chi connectivity index (χ1) is 5.24. The van der Waals surface area contributed by atoms with Gasteiger partial charge in [-0.25, -0.2) is 0 Å². The fourth-order valence-corrected chi connectivity index (χ4v) is 1.09. The number of hydrogen-bond acceptors (Lipinski definition) is 2. The van der Waals surface area contributed by atoms with Crippen molar-refractivity contribution in [2.45, 2.75) is 13.0 Å². The first-order valence-corrected chi connectivity index (χ1v) is 4.18. The predicted molar refractivity (Wildman–Crippen MR) is 47.5 cm³/mol. The van der Waals surface area contributed by atoms with Crippen LogP contribution in [0.15, 0.2) is 28.7 Å². The molecule has 1 aromatic carbocycles. The molecular formula is C8H10BrNO. The van der Waals surface area contributed by atoms with E-state index in [0.717, 1.165) is 10.0 Å². The first kappa shape index (κ1) is 8.71. The Balaban J connectivity index is 2.81. The van der Waals surface area contributed by atoms with Crippen LogP contribution in [0, 0.1) is 0 Å².